The lowest BCUT2D eigenvalue weighted by atomic mass is 10.2. The van der Waals surface area contributed by atoms with Crippen molar-refractivity contribution in [3.8, 4) is 0 Å². The number of rotatable bonds is 4. The molecule has 0 N–H and O–H groups in total. The Hall–Kier alpha value is -1.82. The standard InChI is InChI=1S/C14H19N5O/c1-3-13-17-14(18-20-13)12-5-4-6-19(12)9-11-8-15-10(2)7-16-11/h7-8,12H,3-6,9H2,1-2H3/t12-/m0/s1. The van der Waals surface area contributed by atoms with Crippen LogP contribution in [-0.4, -0.2) is 31.6 Å². The second kappa shape index (κ2) is 5.66. The molecule has 1 fully saturated rings. The van der Waals surface area contributed by atoms with Crippen LogP contribution in [0.4, 0.5) is 0 Å². The molecule has 106 valence electrons. The van der Waals surface area contributed by atoms with E-state index in [0.29, 0.717) is 5.89 Å². The van der Waals surface area contributed by atoms with Crippen molar-refractivity contribution in [2.24, 2.45) is 0 Å². The van der Waals surface area contributed by atoms with Crippen LogP contribution in [-0.2, 0) is 13.0 Å². The van der Waals surface area contributed by atoms with Gasteiger partial charge in [0.15, 0.2) is 5.82 Å². The average Bonchev–Trinajstić information content (AvgIpc) is 3.09. The number of hydrogen-bond acceptors (Lipinski definition) is 6. The molecule has 0 aliphatic carbocycles. The maximum Gasteiger partial charge on any atom is 0.226 e. The van der Waals surface area contributed by atoms with Gasteiger partial charge in [-0.2, -0.15) is 4.98 Å². The van der Waals surface area contributed by atoms with Crippen LogP contribution in [0.25, 0.3) is 0 Å². The summed E-state index contributed by atoms with van der Waals surface area (Å²) in [6, 6.07) is 0.238. The highest BCUT2D eigenvalue weighted by Crippen LogP contribution is 2.31. The zero-order valence-electron chi connectivity index (χ0n) is 11.9. The van der Waals surface area contributed by atoms with Gasteiger partial charge in [-0.05, 0) is 26.3 Å². The third kappa shape index (κ3) is 2.70. The second-order valence-electron chi connectivity index (χ2n) is 5.18. The quantitative estimate of drug-likeness (QED) is 0.849. The smallest absolute Gasteiger partial charge is 0.226 e. The van der Waals surface area contributed by atoms with Crippen LogP contribution in [0.5, 0.6) is 0 Å². The molecule has 0 radical (unpaired) electrons. The molecule has 3 rings (SSSR count). The van der Waals surface area contributed by atoms with E-state index in [4.69, 9.17) is 4.52 Å². The minimum absolute atomic E-state index is 0.238. The lowest BCUT2D eigenvalue weighted by Crippen LogP contribution is -2.24. The molecular formula is C14H19N5O. The predicted molar refractivity (Wildman–Crippen MR) is 72.8 cm³/mol. The van der Waals surface area contributed by atoms with Crippen LogP contribution in [0.1, 0.15) is 48.9 Å². The van der Waals surface area contributed by atoms with Gasteiger partial charge >= 0.3 is 0 Å². The van der Waals surface area contributed by atoms with E-state index in [1.807, 2.05) is 26.2 Å². The first-order chi connectivity index (χ1) is 9.76. The van der Waals surface area contributed by atoms with Gasteiger partial charge in [0.1, 0.15) is 0 Å². The third-order valence-electron chi connectivity index (χ3n) is 3.65. The highest BCUT2D eigenvalue weighted by atomic mass is 16.5. The molecule has 20 heavy (non-hydrogen) atoms. The normalized spacial score (nSPS) is 19.6. The van der Waals surface area contributed by atoms with E-state index < -0.39 is 0 Å². The summed E-state index contributed by atoms with van der Waals surface area (Å²) >= 11 is 0. The first-order valence-corrected chi connectivity index (χ1v) is 7.10. The van der Waals surface area contributed by atoms with Crippen LogP contribution >= 0.6 is 0 Å². The van der Waals surface area contributed by atoms with E-state index in [1.54, 1.807) is 0 Å². The molecule has 6 nitrogen and oxygen atoms in total. The Morgan fingerprint density at radius 1 is 1.35 bits per heavy atom. The highest BCUT2D eigenvalue weighted by molar-refractivity contribution is 5.04. The van der Waals surface area contributed by atoms with Gasteiger partial charge in [-0.15, -0.1) is 0 Å². The summed E-state index contributed by atoms with van der Waals surface area (Å²) in [6.45, 7) is 5.79. The van der Waals surface area contributed by atoms with Gasteiger partial charge in [0.05, 0.1) is 17.4 Å². The van der Waals surface area contributed by atoms with Crippen LogP contribution in [0, 0.1) is 6.92 Å². The van der Waals surface area contributed by atoms with E-state index in [0.717, 1.165) is 49.6 Å². The monoisotopic (exact) mass is 273 g/mol. The van der Waals surface area contributed by atoms with Crippen molar-refractivity contribution in [1.82, 2.24) is 25.0 Å². The number of aromatic nitrogens is 4. The van der Waals surface area contributed by atoms with Crippen molar-refractivity contribution in [3.05, 3.63) is 35.5 Å². The van der Waals surface area contributed by atoms with Gasteiger partial charge in [-0.3, -0.25) is 14.9 Å². The van der Waals surface area contributed by atoms with Gasteiger partial charge in [-0.1, -0.05) is 12.1 Å². The Balaban J connectivity index is 1.73. The molecule has 2 aromatic rings. The third-order valence-corrected chi connectivity index (χ3v) is 3.65. The molecule has 1 aliphatic rings. The average molecular weight is 273 g/mol. The molecule has 0 bridgehead atoms. The number of nitrogens with zero attached hydrogens (tertiary/aromatic N) is 5. The van der Waals surface area contributed by atoms with E-state index in [2.05, 4.69) is 25.0 Å². The van der Waals surface area contributed by atoms with Gasteiger partial charge < -0.3 is 4.52 Å². The van der Waals surface area contributed by atoms with Crippen molar-refractivity contribution < 1.29 is 4.52 Å². The topological polar surface area (TPSA) is 67.9 Å². The number of aryl methyl sites for hydroxylation is 2. The van der Waals surface area contributed by atoms with Crippen LogP contribution in [0.15, 0.2) is 16.9 Å². The maximum atomic E-state index is 5.22. The summed E-state index contributed by atoms with van der Waals surface area (Å²) in [6.07, 6.45) is 6.66. The van der Waals surface area contributed by atoms with Crippen molar-refractivity contribution in [1.29, 1.82) is 0 Å². The van der Waals surface area contributed by atoms with Crippen LogP contribution in [0.3, 0.4) is 0 Å². The summed E-state index contributed by atoms with van der Waals surface area (Å²) in [7, 11) is 0. The Labute approximate surface area is 118 Å². The molecular weight excluding hydrogens is 254 g/mol. The van der Waals surface area contributed by atoms with E-state index in [9.17, 15) is 0 Å². The minimum atomic E-state index is 0.238. The Morgan fingerprint density at radius 2 is 2.25 bits per heavy atom. The largest absolute Gasteiger partial charge is 0.339 e. The fraction of sp³-hybridized carbons (Fsp3) is 0.571. The maximum absolute atomic E-state index is 5.22. The van der Waals surface area contributed by atoms with Crippen molar-refractivity contribution in [2.45, 2.75) is 45.7 Å². The van der Waals surface area contributed by atoms with Crippen molar-refractivity contribution in [2.75, 3.05) is 6.54 Å². The summed E-state index contributed by atoms with van der Waals surface area (Å²) < 4.78 is 5.22. The first-order valence-electron chi connectivity index (χ1n) is 7.10. The molecule has 0 spiro atoms. The first kappa shape index (κ1) is 13.2. The molecule has 0 unspecified atom stereocenters. The molecule has 6 heteroatoms. The van der Waals surface area contributed by atoms with Crippen molar-refractivity contribution >= 4 is 0 Å². The fourth-order valence-corrected chi connectivity index (χ4v) is 2.56. The summed E-state index contributed by atoms with van der Waals surface area (Å²) in [5.41, 5.74) is 1.93. The molecule has 0 amide bonds. The van der Waals surface area contributed by atoms with Crippen molar-refractivity contribution in [3.63, 3.8) is 0 Å². The Kier molecular flexibility index (Phi) is 3.73. The minimum Gasteiger partial charge on any atom is -0.339 e. The van der Waals surface area contributed by atoms with E-state index in [1.165, 1.54) is 0 Å². The number of hydrogen-bond donors (Lipinski definition) is 0. The zero-order valence-corrected chi connectivity index (χ0v) is 11.9. The lowest BCUT2D eigenvalue weighted by molar-refractivity contribution is 0.231. The summed E-state index contributed by atoms with van der Waals surface area (Å²) in [5.74, 6) is 1.52. The molecule has 1 atom stereocenters. The van der Waals surface area contributed by atoms with Gasteiger partial charge in [-0.25, -0.2) is 0 Å². The highest BCUT2D eigenvalue weighted by Gasteiger charge is 2.30. The molecule has 1 aliphatic heterocycles. The van der Waals surface area contributed by atoms with Crippen LogP contribution in [0.2, 0.25) is 0 Å². The predicted octanol–water partition coefficient (Wildman–Crippen LogP) is 2.07. The molecule has 0 aromatic carbocycles. The Bertz CT molecular complexity index is 565. The molecule has 0 saturated carbocycles. The fourth-order valence-electron chi connectivity index (χ4n) is 2.56. The number of likely N-dealkylation sites (tertiary alicyclic amines) is 1. The molecule has 2 aromatic heterocycles. The van der Waals surface area contributed by atoms with Crippen LogP contribution < -0.4 is 0 Å². The molecule has 3 heterocycles. The van der Waals surface area contributed by atoms with E-state index >= 15 is 0 Å². The Morgan fingerprint density at radius 3 is 2.95 bits per heavy atom. The van der Waals surface area contributed by atoms with E-state index in [-0.39, 0.29) is 6.04 Å². The molecule has 1 saturated heterocycles. The van der Waals surface area contributed by atoms with Gasteiger partial charge in [0.2, 0.25) is 5.89 Å². The van der Waals surface area contributed by atoms with Gasteiger partial charge in [0.25, 0.3) is 0 Å². The second-order valence-corrected chi connectivity index (χ2v) is 5.18. The zero-order chi connectivity index (χ0) is 13.9. The summed E-state index contributed by atoms with van der Waals surface area (Å²) in [5, 5.41) is 4.11. The SMILES string of the molecule is CCc1nc([C@@H]2CCCN2Cc2cnc(C)cn2)no1. The van der Waals surface area contributed by atoms with Gasteiger partial charge in [0, 0.05) is 25.4 Å². The lowest BCUT2D eigenvalue weighted by Gasteiger charge is -2.21. The summed E-state index contributed by atoms with van der Waals surface area (Å²) in [4.78, 5) is 15.5.